The molecule has 0 radical (unpaired) electrons. The van der Waals surface area contributed by atoms with E-state index in [1.807, 2.05) is 6.07 Å². The van der Waals surface area contributed by atoms with Crippen molar-refractivity contribution < 1.29 is 19.4 Å². The van der Waals surface area contributed by atoms with Crippen LogP contribution in [0.15, 0.2) is 30.3 Å². The standard InChI is InChI=1S/C12H13IO4/c1-8(14)17-10(12(2,13)11(15)16)9-6-4-3-5-7-9/h3-7,10H,1-2H3,(H,15,16)/t10-,12-/m0/s1. The van der Waals surface area contributed by atoms with Gasteiger partial charge in [-0.2, -0.15) is 0 Å². The summed E-state index contributed by atoms with van der Waals surface area (Å²) in [5.74, 6) is -1.52. The van der Waals surface area contributed by atoms with Crippen molar-refractivity contribution in [2.24, 2.45) is 0 Å². The summed E-state index contributed by atoms with van der Waals surface area (Å²) in [6.07, 6.45) is -0.806. The van der Waals surface area contributed by atoms with Crippen LogP contribution in [0.4, 0.5) is 0 Å². The molecule has 0 saturated heterocycles. The van der Waals surface area contributed by atoms with Crippen LogP contribution in [0, 0.1) is 0 Å². The Bertz CT molecular complexity index is 414. The second-order valence-electron chi connectivity index (χ2n) is 3.78. The highest BCUT2D eigenvalue weighted by atomic mass is 127. The maximum Gasteiger partial charge on any atom is 0.323 e. The van der Waals surface area contributed by atoms with Crippen molar-refractivity contribution in [2.45, 2.75) is 23.4 Å². The minimum absolute atomic E-state index is 0.497. The predicted octanol–water partition coefficient (Wildman–Crippen LogP) is 2.57. The van der Waals surface area contributed by atoms with Crippen molar-refractivity contribution in [3.05, 3.63) is 35.9 Å². The Morgan fingerprint density at radius 3 is 2.29 bits per heavy atom. The van der Waals surface area contributed by atoms with Gasteiger partial charge in [-0.1, -0.05) is 52.9 Å². The van der Waals surface area contributed by atoms with Crippen molar-refractivity contribution in [1.29, 1.82) is 0 Å². The highest BCUT2D eigenvalue weighted by Gasteiger charge is 2.42. The van der Waals surface area contributed by atoms with Crippen molar-refractivity contribution in [1.82, 2.24) is 0 Å². The average Bonchev–Trinajstić information content (AvgIpc) is 2.26. The van der Waals surface area contributed by atoms with Gasteiger partial charge >= 0.3 is 11.9 Å². The minimum Gasteiger partial charge on any atom is -0.480 e. The van der Waals surface area contributed by atoms with E-state index in [0.717, 1.165) is 0 Å². The first kappa shape index (κ1) is 14.0. The minimum atomic E-state index is -1.20. The second kappa shape index (κ2) is 5.48. The van der Waals surface area contributed by atoms with E-state index < -0.39 is 21.5 Å². The molecule has 2 atom stereocenters. The predicted molar refractivity (Wildman–Crippen MR) is 71.0 cm³/mol. The fraction of sp³-hybridized carbons (Fsp3) is 0.333. The molecule has 1 N–H and O–H groups in total. The van der Waals surface area contributed by atoms with Crippen molar-refractivity contribution in [3.63, 3.8) is 0 Å². The van der Waals surface area contributed by atoms with Gasteiger partial charge in [-0.3, -0.25) is 9.59 Å². The fourth-order valence-corrected chi connectivity index (χ4v) is 1.88. The third-order valence-electron chi connectivity index (χ3n) is 2.30. The largest absolute Gasteiger partial charge is 0.480 e. The number of aliphatic carboxylic acids is 1. The van der Waals surface area contributed by atoms with E-state index >= 15 is 0 Å². The molecule has 0 aliphatic carbocycles. The van der Waals surface area contributed by atoms with E-state index in [2.05, 4.69) is 0 Å². The summed E-state index contributed by atoms with van der Waals surface area (Å²) in [7, 11) is 0. The first-order chi connectivity index (χ1) is 7.85. The van der Waals surface area contributed by atoms with E-state index in [4.69, 9.17) is 4.74 Å². The first-order valence-corrected chi connectivity index (χ1v) is 6.08. The number of halogens is 1. The van der Waals surface area contributed by atoms with Crippen LogP contribution >= 0.6 is 22.6 Å². The molecular weight excluding hydrogens is 335 g/mol. The Balaban J connectivity index is 3.13. The fourth-order valence-electron chi connectivity index (χ4n) is 1.40. The van der Waals surface area contributed by atoms with Crippen LogP contribution in [0.1, 0.15) is 25.5 Å². The Morgan fingerprint density at radius 1 is 1.35 bits per heavy atom. The molecule has 17 heavy (non-hydrogen) atoms. The molecule has 0 fully saturated rings. The van der Waals surface area contributed by atoms with Gasteiger partial charge in [0.2, 0.25) is 0 Å². The second-order valence-corrected chi connectivity index (χ2v) is 6.02. The molecule has 5 heteroatoms. The van der Waals surface area contributed by atoms with Crippen molar-refractivity contribution in [3.8, 4) is 0 Å². The van der Waals surface area contributed by atoms with Gasteiger partial charge in [0.1, 0.15) is 0 Å². The van der Waals surface area contributed by atoms with E-state index in [0.29, 0.717) is 5.56 Å². The van der Waals surface area contributed by atoms with E-state index in [-0.39, 0.29) is 0 Å². The van der Waals surface area contributed by atoms with Crippen LogP contribution in [0.3, 0.4) is 0 Å². The Kier molecular flexibility index (Phi) is 4.50. The highest BCUT2D eigenvalue weighted by Crippen LogP contribution is 2.37. The van der Waals surface area contributed by atoms with Gasteiger partial charge in [0, 0.05) is 6.92 Å². The third kappa shape index (κ3) is 3.42. The summed E-state index contributed by atoms with van der Waals surface area (Å²) in [5.41, 5.74) is 0.669. The molecular formula is C12H13IO4. The van der Waals surface area contributed by atoms with E-state index in [1.54, 1.807) is 46.9 Å². The molecule has 92 valence electrons. The number of ether oxygens (including phenoxy) is 1. The Labute approximate surface area is 113 Å². The summed E-state index contributed by atoms with van der Waals surface area (Å²) in [6.45, 7) is 2.79. The average molecular weight is 348 g/mol. The van der Waals surface area contributed by atoms with Crippen LogP contribution < -0.4 is 0 Å². The Morgan fingerprint density at radius 2 is 1.88 bits per heavy atom. The summed E-state index contributed by atoms with van der Waals surface area (Å²) in [4.78, 5) is 22.3. The zero-order valence-corrected chi connectivity index (χ0v) is 11.7. The summed E-state index contributed by atoms with van der Waals surface area (Å²) in [6, 6.07) is 8.86. The third-order valence-corrected chi connectivity index (χ3v) is 3.32. The molecule has 1 aromatic rings. The summed E-state index contributed by atoms with van der Waals surface area (Å²) >= 11 is 1.79. The lowest BCUT2D eigenvalue weighted by Gasteiger charge is -2.28. The van der Waals surface area contributed by atoms with Gasteiger partial charge in [0.25, 0.3) is 0 Å². The molecule has 0 aliphatic heterocycles. The van der Waals surface area contributed by atoms with Crippen LogP contribution in [0.2, 0.25) is 0 Å². The van der Waals surface area contributed by atoms with Gasteiger partial charge in [0.15, 0.2) is 9.53 Å². The summed E-state index contributed by atoms with van der Waals surface area (Å²) in [5, 5.41) is 9.19. The quantitative estimate of drug-likeness (QED) is 0.516. The monoisotopic (exact) mass is 348 g/mol. The zero-order valence-electron chi connectivity index (χ0n) is 9.51. The zero-order chi connectivity index (χ0) is 13.1. The van der Waals surface area contributed by atoms with Gasteiger partial charge in [-0.25, -0.2) is 0 Å². The first-order valence-electron chi connectivity index (χ1n) is 5.00. The Hall–Kier alpha value is -1.11. The maximum absolute atomic E-state index is 11.2. The molecule has 4 nitrogen and oxygen atoms in total. The number of alkyl halides is 1. The molecule has 0 saturated carbocycles. The highest BCUT2D eigenvalue weighted by molar-refractivity contribution is 14.1. The van der Waals surface area contributed by atoms with Gasteiger partial charge < -0.3 is 9.84 Å². The molecule has 0 aliphatic rings. The number of benzene rings is 1. The lowest BCUT2D eigenvalue weighted by atomic mass is 9.97. The smallest absolute Gasteiger partial charge is 0.323 e. The number of carboxylic acid groups (broad SMARTS) is 1. The van der Waals surface area contributed by atoms with Crippen LogP contribution in [-0.4, -0.2) is 20.5 Å². The van der Waals surface area contributed by atoms with Gasteiger partial charge in [-0.05, 0) is 12.5 Å². The lowest BCUT2D eigenvalue weighted by molar-refractivity contribution is -0.153. The van der Waals surface area contributed by atoms with Gasteiger partial charge in [-0.15, -0.1) is 0 Å². The molecule has 1 rings (SSSR count). The molecule has 1 aromatic carbocycles. The number of hydrogen-bond donors (Lipinski definition) is 1. The molecule has 0 unspecified atom stereocenters. The number of hydrogen-bond acceptors (Lipinski definition) is 3. The maximum atomic E-state index is 11.2. The van der Waals surface area contributed by atoms with Crippen LogP contribution in [0.5, 0.6) is 0 Å². The number of esters is 1. The van der Waals surface area contributed by atoms with Crippen LogP contribution in [-0.2, 0) is 14.3 Å². The molecule has 0 heterocycles. The number of carbonyl (C=O) groups is 2. The molecule has 0 spiro atoms. The lowest BCUT2D eigenvalue weighted by Crippen LogP contribution is -2.37. The van der Waals surface area contributed by atoms with Crippen LogP contribution in [0.25, 0.3) is 0 Å². The van der Waals surface area contributed by atoms with Crippen molar-refractivity contribution in [2.75, 3.05) is 0 Å². The number of carboxylic acids is 1. The molecule has 0 amide bonds. The van der Waals surface area contributed by atoms with E-state index in [1.165, 1.54) is 13.8 Å². The number of rotatable bonds is 4. The van der Waals surface area contributed by atoms with Crippen molar-refractivity contribution >= 4 is 34.5 Å². The van der Waals surface area contributed by atoms with E-state index in [9.17, 15) is 14.7 Å². The van der Waals surface area contributed by atoms with Gasteiger partial charge in [0.05, 0.1) is 0 Å². The molecule has 0 aromatic heterocycles. The summed E-state index contributed by atoms with van der Waals surface area (Å²) < 4.78 is 3.93. The number of carbonyl (C=O) groups excluding carboxylic acids is 1. The molecule has 0 bridgehead atoms. The normalized spacial score (nSPS) is 15.7. The SMILES string of the molecule is CC(=O)O[C@@H](c1ccccc1)[C@](C)(I)C(=O)O. The topological polar surface area (TPSA) is 63.6 Å².